The van der Waals surface area contributed by atoms with E-state index in [2.05, 4.69) is 54.6 Å². The largest absolute Gasteiger partial charge is 0.168 e. The van der Waals surface area contributed by atoms with Crippen molar-refractivity contribution in [3.8, 4) is 11.1 Å². The molecule has 1 aliphatic rings. The fourth-order valence-electron chi connectivity index (χ4n) is 3.28. The fraction of sp³-hybridized carbons (Fsp3) is 0.167. The summed E-state index contributed by atoms with van der Waals surface area (Å²) in [6.45, 7) is 0. The molecule has 0 heterocycles. The van der Waals surface area contributed by atoms with Crippen molar-refractivity contribution in [1.82, 2.24) is 0 Å². The molecule has 3 aromatic rings. The van der Waals surface area contributed by atoms with Crippen molar-refractivity contribution in [3.05, 3.63) is 65.7 Å². The van der Waals surface area contributed by atoms with Gasteiger partial charge in [0.2, 0.25) is 0 Å². The van der Waals surface area contributed by atoms with Crippen LogP contribution < -0.4 is 0 Å². The van der Waals surface area contributed by atoms with Crippen LogP contribution in [0.15, 0.2) is 54.6 Å². The van der Waals surface area contributed by atoms with Crippen molar-refractivity contribution in [2.45, 2.75) is 19.3 Å². The summed E-state index contributed by atoms with van der Waals surface area (Å²) in [5.41, 5.74) is 5.99. The summed E-state index contributed by atoms with van der Waals surface area (Å²) in [7, 11) is 0. The minimum Gasteiger partial charge on any atom is -0.168 e. The van der Waals surface area contributed by atoms with E-state index in [1.165, 1.54) is 41.2 Å². The van der Waals surface area contributed by atoms with Crippen molar-refractivity contribution in [2.24, 2.45) is 0 Å². The molecule has 0 atom stereocenters. The van der Waals surface area contributed by atoms with Crippen molar-refractivity contribution in [1.29, 1.82) is 0 Å². The number of aryl methyl sites for hydroxylation is 1. The van der Waals surface area contributed by atoms with Crippen LogP contribution in [0.25, 0.3) is 21.9 Å². The van der Waals surface area contributed by atoms with E-state index in [-0.39, 0.29) is 51.0 Å². The molecule has 3 heteroatoms. The Morgan fingerprint density at radius 3 is 2.43 bits per heavy atom. The number of hydrogen-bond donors (Lipinski definition) is 0. The molecule has 4 rings (SSSR count). The zero-order valence-corrected chi connectivity index (χ0v) is 15.7. The monoisotopic (exact) mass is 393 g/mol. The molecule has 3 aromatic carbocycles. The molecular formula is C18H17Cl2Zr-. The SMILES string of the molecule is Cl.Cl.[Zr].c1ccc(-c2c3c(cc4[cH-]ccc24)CCC3)cc1. The second kappa shape index (κ2) is 7.68. The van der Waals surface area contributed by atoms with Crippen LogP contribution in [0.2, 0.25) is 0 Å². The summed E-state index contributed by atoms with van der Waals surface area (Å²) in [4.78, 5) is 0. The van der Waals surface area contributed by atoms with Crippen LogP contribution in [0.5, 0.6) is 0 Å². The molecule has 0 fully saturated rings. The van der Waals surface area contributed by atoms with Gasteiger partial charge in [-0.1, -0.05) is 47.0 Å². The van der Waals surface area contributed by atoms with Gasteiger partial charge in [-0.15, -0.1) is 47.7 Å². The van der Waals surface area contributed by atoms with Gasteiger partial charge in [-0.25, -0.2) is 0 Å². The number of benzene rings is 2. The van der Waals surface area contributed by atoms with Gasteiger partial charge in [0.1, 0.15) is 0 Å². The predicted molar refractivity (Wildman–Crippen MR) is 91.5 cm³/mol. The van der Waals surface area contributed by atoms with E-state index in [1.807, 2.05) is 0 Å². The summed E-state index contributed by atoms with van der Waals surface area (Å²) in [6, 6.07) is 19.9. The predicted octanol–water partition coefficient (Wildman–Crippen LogP) is 5.56. The molecule has 0 saturated carbocycles. The average molecular weight is 395 g/mol. The summed E-state index contributed by atoms with van der Waals surface area (Å²) >= 11 is 0. The standard InChI is InChI=1S/C18H15.2ClH.Zr/c1-2-6-13(7-3-1)18-16-10-4-8-14(16)12-15-9-5-11-17(15)18;;;/h1-4,6-8,10,12H,5,9,11H2;2*1H;/q-1;;;. The van der Waals surface area contributed by atoms with E-state index >= 15 is 0 Å². The molecular weight excluding hydrogens is 378 g/mol. The molecule has 0 amide bonds. The van der Waals surface area contributed by atoms with Crippen LogP contribution in [0, 0.1) is 0 Å². The van der Waals surface area contributed by atoms with E-state index in [9.17, 15) is 0 Å². The maximum absolute atomic E-state index is 2.39. The first-order valence-corrected chi connectivity index (χ1v) is 6.69. The van der Waals surface area contributed by atoms with Crippen LogP contribution in [-0.4, -0.2) is 0 Å². The molecule has 0 nitrogen and oxygen atoms in total. The minimum absolute atomic E-state index is 0. The quantitative estimate of drug-likeness (QED) is 0.474. The first-order chi connectivity index (χ1) is 8.93. The maximum Gasteiger partial charge on any atom is 0 e. The molecule has 21 heavy (non-hydrogen) atoms. The second-order valence-corrected chi connectivity index (χ2v) is 5.14. The topological polar surface area (TPSA) is 0 Å². The zero-order chi connectivity index (χ0) is 11.9. The normalized spacial score (nSPS) is 12.0. The van der Waals surface area contributed by atoms with Gasteiger partial charge in [0.15, 0.2) is 0 Å². The average Bonchev–Trinajstić information content (AvgIpc) is 3.04. The molecule has 0 N–H and O–H groups in total. The first-order valence-electron chi connectivity index (χ1n) is 6.69. The third-order valence-corrected chi connectivity index (χ3v) is 4.07. The molecule has 0 aromatic heterocycles. The van der Waals surface area contributed by atoms with E-state index in [4.69, 9.17) is 0 Å². The van der Waals surface area contributed by atoms with Crippen molar-refractivity contribution in [3.63, 3.8) is 0 Å². The van der Waals surface area contributed by atoms with Crippen LogP contribution in [0.4, 0.5) is 0 Å². The van der Waals surface area contributed by atoms with E-state index in [1.54, 1.807) is 11.1 Å². The number of rotatable bonds is 1. The Balaban J connectivity index is 0.000000735. The van der Waals surface area contributed by atoms with E-state index < -0.39 is 0 Å². The smallest absolute Gasteiger partial charge is 0 e. The molecule has 1 aliphatic carbocycles. The van der Waals surface area contributed by atoms with Crippen LogP contribution in [-0.2, 0) is 39.0 Å². The minimum atomic E-state index is 0. The summed E-state index contributed by atoms with van der Waals surface area (Å²) in [5, 5.41) is 2.82. The van der Waals surface area contributed by atoms with Gasteiger partial charge >= 0.3 is 0 Å². The van der Waals surface area contributed by atoms with Gasteiger partial charge in [0.25, 0.3) is 0 Å². The number of hydrogen-bond acceptors (Lipinski definition) is 0. The molecule has 108 valence electrons. The van der Waals surface area contributed by atoms with Crippen LogP contribution >= 0.6 is 24.8 Å². The molecule has 0 spiro atoms. The number of halogens is 2. The van der Waals surface area contributed by atoms with Gasteiger partial charge in [-0.3, -0.25) is 0 Å². The Kier molecular flexibility index (Phi) is 6.79. The zero-order valence-electron chi connectivity index (χ0n) is 11.6. The van der Waals surface area contributed by atoms with Crippen LogP contribution in [0.1, 0.15) is 17.5 Å². The maximum atomic E-state index is 2.39. The van der Waals surface area contributed by atoms with Gasteiger partial charge in [-0.2, -0.15) is 12.1 Å². The summed E-state index contributed by atoms with van der Waals surface area (Å²) in [6.07, 6.45) is 3.79. The Labute approximate surface area is 157 Å². The van der Waals surface area contributed by atoms with Gasteiger partial charge in [-0.05, 0) is 24.8 Å². The Hall–Kier alpha value is -0.487. The third-order valence-electron chi connectivity index (χ3n) is 4.07. The van der Waals surface area contributed by atoms with Crippen LogP contribution in [0.3, 0.4) is 0 Å². The van der Waals surface area contributed by atoms with Gasteiger partial charge < -0.3 is 0 Å². The van der Waals surface area contributed by atoms with Crippen molar-refractivity contribution in [2.75, 3.05) is 0 Å². The van der Waals surface area contributed by atoms with Crippen molar-refractivity contribution < 1.29 is 26.2 Å². The molecule has 0 unspecified atom stereocenters. The van der Waals surface area contributed by atoms with Gasteiger partial charge in [0, 0.05) is 26.2 Å². The molecule has 0 radical (unpaired) electrons. The Bertz CT molecular complexity index is 717. The molecule has 0 saturated heterocycles. The first kappa shape index (κ1) is 18.6. The fourth-order valence-corrected chi connectivity index (χ4v) is 3.28. The summed E-state index contributed by atoms with van der Waals surface area (Å²) < 4.78 is 0. The van der Waals surface area contributed by atoms with E-state index in [0.717, 1.165) is 0 Å². The van der Waals surface area contributed by atoms with Crippen molar-refractivity contribution >= 4 is 35.6 Å². The number of fused-ring (bicyclic) bond motifs is 2. The molecule has 0 aliphatic heterocycles. The van der Waals surface area contributed by atoms with E-state index in [0.29, 0.717) is 0 Å². The second-order valence-electron chi connectivity index (χ2n) is 5.14. The Morgan fingerprint density at radius 1 is 0.905 bits per heavy atom. The Morgan fingerprint density at radius 2 is 1.67 bits per heavy atom. The third kappa shape index (κ3) is 3.16. The molecule has 0 bridgehead atoms. The summed E-state index contributed by atoms with van der Waals surface area (Å²) in [5.74, 6) is 0. The van der Waals surface area contributed by atoms with Gasteiger partial charge in [0.05, 0.1) is 0 Å².